The summed E-state index contributed by atoms with van der Waals surface area (Å²) in [6.07, 6.45) is 1.23. The van der Waals surface area contributed by atoms with Crippen LogP contribution in [0.3, 0.4) is 0 Å². The number of aromatic nitrogens is 2. The van der Waals surface area contributed by atoms with Crippen LogP contribution in [0.25, 0.3) is 11.4 Å². The summed E-state index contributed by atoms with van der Waals surface area (Å²) < 4.78 is 32.5. The lowest BCUT2D eigenvalue weighted by atomic mass is 9.99. The summed E-state index contributed by atoms with van der Waals surface area (Å²) in [5.74, 6) is -0.520. The quantitative estimate of drug-likeness (QED) is 0.846. The van der Waals surface area contributed by atoms with Crippen LogP contribution in [0, 0.1) is 12.8 Å². The lowest BCUT2D eigenvalue weighted by Gasteiger charge is -2.29. The zero-order chi connectivity index (χ0) is 18.9. The number of aliphatic carboxylic acids is 1. The Morgan fingerprint density at radius 1 is 1.35 bits per heavy atom. The van der Waals surface area contributed by atoms with Crippen molar-refractivity contribution in [1.29, 1.82) is 0 Å². The van der Waals surface area contributed by atoms with Crippen LogP contribution in [0.1, 0.15) is 31.2 Å². The molecule has 1 N–H and O–H groups in total. The van der Waals surface area contributed by atoms with E-state index in [2.05, 4.69) is 10.1 Å². The molecule has 2 aromatic rings. The summed E-state index contributed by atoms with van der Waals surface area (Å²) >= 11 is 0. The molecule has 1 aromatic carbocycles. The van der Waals surface area contributed by atoms with Crippen LogP contribution < -0.4 is 0 Å². The van der Waals surface area contributed by atoms with Gasteiger partial charge in [0.05, 0.1) is 10.8 Å². The van der Waals surface area contributed by atoms with E-state index in [4.69, 9.17) is 9.63 Å². The fraction of sp³-hybridized carbons (Fsp3) is 0.471. The smallest absolute Gasteiger partial charge is 0.306 e. The van der Waals surface area contributed by atoms with Crippen molar-refractivity contribution >= 4 is 16.0 Å². The molecule has 1 aromatic heterocycles. The predicted molar refractivity (Wildman–Crippen MR) is 93.0 cm³/mol. The average Bonchev–Trinajstić information content (AvgIpc) is 3.11. The first-order valence-corrected chi connectivity index (χ1v) is 9.93. The summed E-state index contributed by atoms with van der Waals surface area (Å²) in [6, 6.07) is 5.03. The van der Waals surface area contributed by atoms with Gasteiger partial charge in [-0.3, -0.25) is 4.79 Å². The molecule has 0 radical (unpaired) electrons. The van der Waals surface area contributed by atoms with Crippen LogP contribution in [0.5, 0.6) is 0 Å². The predicted octanol–water partition coefficient (Wildman–Crippen LogP) is 2.09. The third-order valence-electron chi connectivity index (χ3n) is 4.64. The van der Waals surface area contributed by atoms with Gasteiger partial charge < -0.3 is 9.63 Å². The number of nitrogens with zero attached hydrogens (tertiary/aromatic N) is 3. The van der Waals surface area contributed by atoms with E-state index >= 15 is 0 Å². The number of benzene rings is 1. The number of hydrogen-bond acceptors (Lipinski definition) is 6. The van der Waals surface area contributed by atoms with Crippen molar-refractivity contribution < 1.29 is 22.8 Å². The first kappa shape index (κ1) is 18.5. The Balaban J connectivity index is 1.90. The molecule has 9 heteroatoms. The molecule has 3 rings (SSSR count). The standard InChI is InChI=1S/C17H21N3O5S/c1-3-15-18-16(19-25-15)13-5-4-11(2)14(10-13)26(23,24)20-8-6-12(7-9-20)17(21)22/h4-5,10,12H,3,6-9H2,1-2H3,(H,21,22). The van der Waals surface area contributed by atoms with Crippen molar-refractivity contribution in [1.82, 2.24) is 14.4 Å². The first-order valence-electron chi connectivity index (χ1n) is 8.49. The molecule has 0 amide bonds. The fourth-order valence-corrected chi connectivity index (χ4v) is 4.74. The van der Waals surface area contributed by atoms with E-state index in [1.54, 1.807) is 25.1 Å². The molecule has 8 nitrogen and oxygen atoms in total. The van der Waals surface area contributed by atoms with E-state index in [1.165, 1.54) is 4.31 Å². The van der Waals surface area contributed by atoms with Gasteiger partial charge in [0.25, 0.3) is 0 Å². The van der Waals surface area contributed by atoms with E-state index in [0.29, 0.717) is 42.1 Å². The highest BCUT2D eigenvalue weighted by atomic mass is 32.2. The highest BCUT2D eigenvalue weighted by Gasteiger charge is 2.33. The highest BCUT2D eigenvalue weighted by molar-refractivity contribution is 7.89. The van der Waals surface area contributed by atoms with Gasteiger partial charge in [0.1, 0.15) is 0 Å². The maximum Gasteiger partial charge on any atom is 0.306 e. The number of piperidine rings is 1. The summed E-state index contributed by atoms with van der Waals surface area (Å²) in [7, 11) is -3.72. The average molecular weight is 379 g/mol. The Kier molecular flexibility index (Phi) is 5.10. The van der Waals surface area contributed by atoms with Crippen LogP contribution in [-0.2, 0) is 21.2 Å². The normalized spacial score (nSPS) is 16.7. The van der Waals surface area contributed by atoms with Crippen molar-refractivity contribution in [2.24, 2.45) is 5.92 Å². The largest absolute Gasteiger partial charge is 0.481 e. The van der Waals surface area contributed by atoms with Crippen LogP contribution in [-0.4, -0.2) is 47.0 Å². The summed E-state index contributed by atoms with van der Waals surface area (Å²) in [5.41, 5.74) is 1.19. The van der Waals surface area contributed by atoms with Gasteiger partial charge in [0.2, 0.25) is 21.7 Å². The van der Waals surface area contributed by atoms with Gasteiger partial charge in [-0.05, 0) is 31.4 Å². The number of carbonyl (C=O) groups is 1. The van der Waals surface area contributed by atoms with Gasteiger partial charge in [0.15, 0.2) is 0 Å². The van der Waals surface area contributed by atoms with E-state index < -0.39 is 21.9 Å². The molecule has 0 aliphatic carbocycles. The topological polar surface area (TPSA) is 114 Å². The minimum absolute atomic E-state index is 0.187. The van der Waals surface area contributed by atoms with Gasteiger partial charge in [-0.25, -0.2) is 8.42 Å². The zero-order valence-electron chi connectivity index (χ0n) is 14.7. The molecule has 0 bridgehead atoms. The van der Waals surface area contributed by atoms with Crippen molar-refractivity contribution in [3.63, 3.8) is 0 Å². The summed E-state index contributed by atoms with van der Waals surface area (Å²) in [6.45, 7) is 4.02. The molecule has 0 unspecified atom stereocenters. The first-order chi connectivity index (χ1) is 12.3. The second-order valence-corrected chi connectivity index (χ2v) is 8.27. The maximum atomic E-state index is 13.0. The Bertz CT molecular complexity index is 914. The number of carboxylic acids is 1. The summed E-state index contributed by atoms with van der Waals surface area (Å²) in [4.78, 5) is 15.5. The monoisotopic (exact) mass is 379 g/mol. The number of carboxylic acid groups (broad SMARTS) is 1. The molecule has 1 fully saturated rings. The Morgan fingerprint density at radius 2 is 2.04 bits per heavy atom. The maximum absolute atomic E-state index is 13.0. The van der Waals surface area contributed by atoms with Gasteiger partial charge >= 0.3 is 5.97 Å². The Hall–Kier alpha value is -2.26. The summed E-state index contributed by atoms with van der Waals surface area (Å²) in [5, 5.41) is 13.0. The zero-order valence-corrected chi connectivity index (χ0v) is 15.5. The van der Waals surface area contributed by atoms with Crippen molar-refractivity contribution in [2.75, 3.05) is 13.1 Å². The van der Waals surface area contributed by atoms with E-state index in [1.807, 2.05) is 6.92 Å². The van der Waals surface area contributed by atoms with Crippen LogP contribution in [0.2, 0.25) is 0 Å². The molecule has 1 aliphatic rings. The highest BCUT2D eigenvalue weighted by Crippen LogP contribution is 2.28. The van der Waals surface area contributed by atoms with Crippen LogP contribution in [0.4, 0.5) is 0 Å². The van der Waals surface area contributed by atoms with Crippen molar-refractivity contribution in [3.05, 3.63) is 29.7 Å². The third-order valence-corrected chi connectivity index (χ3v) is 6.68. The van der Waals surface area contributed by atoms with Crippen molar-refractivity contribution in [2.45, 2.75) is 38.0 Å². The molecule has 1 saturated heterocycles. The molecule has 1 aliphatic heterocycles. The molecule has 0 atom stereocenters. The molecule has 0 spiro atoms. The van der Waals surface area contributed by atoms with Gasteiger partial charge in [-0.2, -0.15) is 9.29 Å². The number of hydrogen-bond donors (Lipinski definition) is 1. The molecular weight excluding hydrogens is 358 g/mol. The van der Waals surface area contributed by atoms with Crippen LogP contribution >= 0.6 is 0 Å². The molecule has 26 heavy (non-hydrogen) atoms. The minimum Gasteiger partial charge on any atom is -0.481 e. The Labute approximate surface area is 151 Å². The second-order valence-electron chi connectivity index (χ2n) is 6.36. The molecule has 0 saturated carbocycles. The molecule has 2 heterocycles. The number of rotatable bonds is 5. The van der Waals surface area contributed by atoms with Gasteiger partial charge in [0, 0.05) is 25.1 Å². The molecular formula is C17H21N3O5S. The van der Waals surface area contributed by atoms with E-state index in [-0.39, 0.29) is 18.0 Å². The van der Waals surface area contributed by atoms with Crippen molar-refractivity contribution in [3.8, 4) is 11.4 Å². The SMILES string of the molecule is CCc1nc(-c2ccc(C)c(S(=O)(=O)N3CCC(C(=O)O)CC3)c2)no1. The van der Waals surface area contributed by atoms with E-state index in [9.17, 15) is 13.2 Å². The van der Waals surface area contributed by atoms with Gasteiger partial charge in [-0.1, -0.05) is 24.2 Å². The second kappa shape index (κ2) is 7.16. The number of aryl methyl sites for hydroxylation is 2. The molecule has 140 valence electrons. The minimum atomic E-state index is -3.72. The van der Waals surface area contributed by atoms with Gasteiger partial charge in [-0.15, -0.1) is 0 Å². The van der Waals surface area contributed by atoms with Crippen LogP contribution in [0.15, 0.2) is 27.6 Å². The third kappa shape index (κ3) is 3.49. The lowest BCUT2D eigenvalue weighted by Crippen LogP contribution is -2.40. The fourth-order valence-electron chi connectivity index (χ4n) is 3.02. The lowest BCUT2D eigenvalue weighted by molar-refractivity contribution is -0.142. The van der Waals surface area contributed by atoms with E-state index in [0.717, 1.165) is 0 Å². The Morgan fingerprint density at radius 3 is 2.62 bits per heavy atom. The number of sulfonamides is 1.